The van der Waals surface area contributed by atoms with E-state index >= 15 is 0 Å². The van der Waals surface area contributed by atoms with Crippen LogP contribution in [0.4, 0.5) is 16.2 Å². The number of aromatic nitrogens is 2. The molecule has 1 aromatic carbocycles. The van der Waals surface area contributed by atoms with Crippen LogP contribution in [-0.2, 0) is 7.05 Å². The Kier molecular flexibility index (Phi) is 8.22. The van der Waals surface area contributed by atoms with Crippen molar-refractivity contribution in [2.24, 2.45) is 13.0 Å². The van der Waals surface area contributed by atoms with Crippen LogP contribution in [-0.4, -0.2) is 113 Å². The van der Waals surface area contributed by atoms with Crippen LogP contribution in [0.2, 0.25) is 0 Å². The number of aryl methyl sites for hydroxylation is 1. The SMILES string of the molecule is COc1cc(N2CCC(N3CCN(CC4CCN(C(=O)O)CC4)CC3)CC2)c(-c2cnn(C)c2)cc1[N+](=O)[O-]. The van der Waals surface area contributed by atoms with Gasteiger partial charge in [0.1, 0.15) is 0 Å². The summed E-state index contributed by atoms with van der Waals surface area (Å²) in [7, 11) is 3.31. The lowest BCUT2D eigenvalue weighted by atomic mass is 9.95. The topological polar surface area (TPSA) is 120 Å². The van der Waals surface area contributed by atoms with E-state index in [1.807, 2.05) is 13.2 Å². The van der Waals surface area contributed by atoms with Crippen molar-refractivity contribution < 1.29 is 19.6 Å². The zero-order chi connectivity index (χ0) is 27.5. The fourth-order valence-electron chi connectivity index (χ4n) is 6.37. The van der Waals surface area contributed by atoms with Crippen molar-refractivity contribution in [3.05, 3.63) is 34.6 Å². The van der Waals surface area contributed by atoms with Gasteiger partial charge in [0.15, 0.2) is 5.75 Å². The average Bonchev–Trinajstić information content (AvgIpc) is 3.39. The fourth-order valence-corrected chi connectivity index (χ4v) is 6.37. The van der Waals surface area contributed by atoms with Gasteiger partial charge in [-0.1, -0.05) is 0 Å². The van der Waals surface area contributed by atoms with Crippen LogP contribution in [0.1, 0.15) is 25.7 Å². The first-order valence-corrected chi connectivity index (χ1v) is 13.9. The third kappa shape index (κ3) is 6.11. The van der Waals surface area contributed by atoms with Gasteiger partial charge in [-0.3, -0.25) is 19.7 Å². The van der Waals surface area contributed by atoms with E-state index in [1.165, 1.54) is 12.0 Å². The number of hydrogen-bond acceptors (Lipinski definition) is 8. The highest BCUT2D eigenvalue weighted by Crippen LogP contribution is 2.41. The van der Waals surface area contributed by atoms with Crippen molar-refractivity contribution in [3.63, 3.8) is 0 Å². The van der Waals surface area contributed by atoms with Gasteiger partial charge in [-0.05, 0) is 31.6 Å². The number of nitro groups is 1. The van der Waals surface area contributed by atoms with Crippen LogP contribution < -0.4 is 9.64 Å². The molecule has 4 heterocycles. The molecule has 3 saturated heterocycles. The zero-order valence-corrected chi connectivity index (χ0v) is 22.9. The number of ether oxygens (including phenoxy) is 1. The Labute approximate surface area is 228 Å². The number of piperazine rings is 1. The summed E-state index contributed by atoms with van der Waals surface area (Å²) in [6, 6.07) is 3.95. The molecule has 1 N–H and O–H groups in total. The number of anilines is 1. The first-order chi connectivity index (χ1) is 18.8. The number of likely N-dealkylation sites (tertiary alicyclic amines) is 1. The maximum atomic E-state index is 11.7. The highest BCUT2D eigenvalue weighted by atomic mass is 16.6. The summed E-state index contributed by atoms with van der Waals surface area (Å²) in [6.07, 6.45) is 6.83. The Bertz CT molecular complexity index is 1160. The lowest BCUT2D eigenvalue weighted by Gasteiger charge is -2.44. The summed E-state index contributed by atoms with van der Waals surface area (Å²) in [4.78, 5) is 31.5. The van der Waals surface area contributed by atoms with E-state index in [9.17, 15) is 20.0 Å². The Hall–Kier alpha value is -3.38. The molecule has 0 bridgehead atoms. The number of amides is 1. The van der Waals surface area contributed by atoms with Gasteiger partial charge in [0.2, 0.25) is 0 Å². The van der Waals surface area contributed by atoms with Crippen LogP contribution in [0.5, 0.6) is 5.75 Å². The summed E-state index contributed by atoms with van der Waals surface area (Å²) in [6.45, 7) is 8.37. The highest BCUT2D eigenvalue weighted by molar-refractivity contribution is 5.82. The minimum Gasteiger partial charge on any atom is -0.490 e. The molecule has 3 fully saturated rings. The molecule has 2 aromatic rings. The Balaban J connectivity index is 1.18. The number of carbonyl (C=O) groups is 1. The Morgan fingerprint density at radius 1 is 1.08 bits per heavy atom. The van der Waals surface area contributed by atoms with E-state index in [4.69, 9.17) is 4.74 Å². The molecule has 0 saturated carbocycles. The van der Waals surface area contributed by atoms with E-state index in [0.29, 0.717) is 25.0 Å². The molecule has 12 nitrogen and oxygen atoms in total. The number of methoxy groups -OCH3 is 1. The van der Waals surface area contributed by atoms with E-state index in [-0.39, 0.29) is 11.4 Å². The quantitative estimate of drug-likeness (QED) is 0.417. The number of benzene rings is 1. The summed E-state index contributed by atoms with van der Waals surface area (Å²) >= 11 is 0. The number of carboxylic acid groups (broad SMARTS) is 1. The maximum Gasteiger partial charge on any atom is 0.407 e. The summed E-state index contributed by atoms with van der Waals surface area (Å²) in [5.41, 5.74) is 2.56. The molecule has 0 aliphatic carbocycles. The monoisotopic (exact) mass is 541 g/mol. The van der Waals surface area contributed by atoms with Gasteiger partial charge in [0.05, 0.1) is 18.2 Å². The molecule has 3 aliphatic rings. The third-order valence-electron chi connectivity index (χ3n) is 8.64. The molecule has 1 aromatic heterocycles. The first kappa shape index (κ1) is 27.2. The Morgan fingerprint density at radius 3 is 2.33 bits per heavy atom. The normalized spacial score (nSPS) is 20.4. The second-order valence-electron chi connectivity index (χ2n) is 11.0. The summed E-state index contributed by atoms with van der Waals surface area (Å²) < 4.78 is 7.11. The molecule has 3 aliphatic heterocycles. The van der Waals surface area contributed by atoms with Gasteiger partial charge in [0, 0.05) is 107 Å². The molecule has 0 spiro atoms. The van der Waals surface area contributed by atoms with Gasteiger partial charge < -0.3 is 24.5 Å². The van der Waals surface area contributed by atoms with Gasteiger partial charge in [-0.25, -0.2) is 4.79 Å². The lowest BCUT2D eigenvalue weighted by Crippen LogP contribution is -2.54. The Morgan fingerprint density at radius 2 is 1.77 bits per heavy atom. The average molecular weight is 542 g/mol. The minimum atomic E-state index is -0.797. The molecular formula is C27H39N7O5. The second-order valence-corrected chi connectivity index (χ2v) is 11.0. The molecule has 1 amide bonds. The fraction of sp³-hybridized carbons (Fsp3) is 0.630. The second kappa shape index (κ2) is 11.8. The summed E-state index contributed by atoms with van der Waals surface area (Å²) in [5.74, 6) is 0.859. The van der Waals surface area contributed by atoms with Gasteiger partial charge in [-0.15, -0.1) is 0 Å². The van der Waals surface area contributed by atoms with Crippen LogP contribution in [0.3, 0.4) is 0 Å². The zero-order valence-electron chi connectivity index (χ0n) is 22.9. The van der Waals surface area contributed by atoms with E-state index in [1.54, 1.807) is 23.0 Å². The van der Waals surface area contributed by atoms with Gasteiger partial charge >= 0.3 is 11.8 Å². The van der Waals surface area contributed by atoms with Crippen molar-refractivity contribution in [1.82, 2.24) is 24.5 Å². The number of rotatable bonds is 7. The molecular weight excluding hydrogens is 502 g/mol. The van der Waals surface area contributed by atoms with Crippen molar-refractivity contribution in [2.45, 2.75) is 31.7 Å². The number of piperidine rings is 2. The molecule has 0 unspecified atom stereocenters. The molecule has 0 atom stereocenters. The molecule has 212 valence electrons. The number of hydrogen-bond donors (Lipinski definition) is 1. The van der Waals surface area contributed by atoms with E-state index in [0.717, 1.165) is 88.3 Å². The third-order valence-corrected chi connectivity index (χ3v) is 8.64. The first-order valence-electron chi connectivity index (χ1n) is 13.9. The van der Waals surface area contributed by atoms with Crippen molar-refractivity contribution in [2.75, 3.05) is 70.9 Å². The predicted octanol–water partition coefficient (Wildman–Crippen LogP) is 2.98. The smallest absolute Gasteiger partial charge is 0.407 e. The number of nitrogens with zero attached hydrogens (tertiary/aromatic N) is 7. The summed E-state index contributed by atoms with van der Waals surface area (Å²) in [5, 5.41) is 25.2. The molecule has 0 radical (unpaired) electrons. The molecule has 12 heteroatoms. The lowest BCUT2D eigenvalue weighted by molar-refractivity contribution is -0.385. The van der Waals surface area contributed by atoms with Gasteiger partial charge in [0.25, 0.3) is 0 Å². The minimum absolute atomic E-state index is 0.0414. The maximum absolute atomic E-state index is 11.7. The van der Waals surface area contributed by atoms with Crippen molar-refractivity contribution in [1.29, 1.82) is 0 Å². The van der Waals surface area contributed by atoms with Gasteiger partial charge in [-0.2, -0.15) is 5.10 Å². The predicted molar refractivity (Wildman–Crippen MR) is 147 cm³/mol. The number of nitro benzene ring substituents is 1. The van der Waals surface area contributed by atoms with E-state index < -0.39 is 11.0 Å². The van der Waals surface area contributed by atoms with Crippen LogP contribution >= 0.6 is 0 Å². The van der Waals surface area contributed by atoms with Crippen LogP contribution in [0.15, 0.2) is 24.5 Å². The van der Waals surface area contributed by atoms with E-state index in [2.05, 4.69) is 19.8 Å². The molecule has 5 rings (SSSR count). The van der Waals surface area contributed by atoms with Crippen molar-refractivity contribution >= 4 is 17.5 Å². The molecule has 39 heavy (non-hydrogen) atoms. The van der Waals surface area contributed by atoms with Crippen LogP contribution in [0, 0.1) is 16.0 Å². The standard InChI is InChI=1S/C27H39N7O5/c1-29-19-21(17-28-29)23-15-25(34(37)38)26(39-2)16-24(23)32-9-5-22(6-10-32)31-13-11-30(12-14-31)18-20-3-7-33(8-4-20)27(35)36/h15-17,19-20,22H,3-14,18H2,1-2H3,(H,35,36). The van der Waals surface area contributed by atoms with Crippen molar-refractivity contribution in [3.8, 4) is 16.9 Å². The highest BCUT2D eigenvalue weighted by Gasteiger charge is 2.31. The van der Waals surface area contributed by atoms with Crippen LogP contribution in [0.25, 0.3) is 11.1 Å². The largest absolute Gasteiger partial charge is 0.490 e.